The summed E-state index contributed by atoms with van der Waals surface area (Å²) in [5.74, 6) is -0.730. The van der Waals surface area contributed by atoms with Crippen molar-refractivity contribution in [1.82, 2.24) is 9.29 Å². The number of thiophene rings is 1. The number of amides is 1. The number of nitrogens with zero attached hydrogens (tertiary/aromatic N) is 2. The summed E-state index contributed by atoms with van der Waals surface area (Å²) >= 11 is 2.50. The SMILES string of the molecule is O=C(Nc1nc(-c2ccc(F)cc2)cs1)C1CCN(S(=O)(=O)c2cccs2)CC1. The monoisotopic (exact) mass is 451 g/mol. The minimum atomic E-state index is -3.47. The average molecular weight is 452 g/mol. The van der Waals surface area contributed by atoms with E-state index in [0.29, 0.717) is 41.0 Å². The zero-order valence-electron chi connectivity index (χ0n) is 15.2. The van der Waals surface area contributed by atoms with Gasteiger partial charge >= 0.3 is 0 Å². The Labute approximate surface area is 176 Å². The number of halogens is 1. The van der Waals surface area contributed by atoms with E-state index in [1.54, 1.807) is 35.0 Å². The minimum Gasteiger partial charge on any atom is -0.302 e. The van der Waals surface area contributed by atoms with E-state index in [1.807, 2.05) is 0 Å². The number of rotatable bonds is 5. The van der Waals surface area contributed by atoms with E-state index in [2.05, 4.69) is 10.3 Å². The van der Waals surface area contributed by atoms with Crippen LogP contribution in [0.2, 0.25) is 0 Å². The number of carbonyl (C=O) groups is 1. The highest BCUT2D eigenvalue weighted by atomic mass is 32.2. The number of nitrogens with one attached hydrogen (secondary N) is 1. The highest BCUT2D eigenvalue weighted by Gasteiger charge is 2.32. The third kappa shape index (κ3) is 4.40. The Bertz CT molecular complexity index is 1090. The quantitative estimate of drug-likeness (QED) is 0.635. The Balaban J connectivity index is 1.35. The van der Waals surface area contributed by atoms with Gasteiger partial charge in [0.1, 0.15) is 10.0 Å². The lowest BCUT2D eigenvalue weighted by Gasteiger charge is -2.29. The molecule has 10 heteroatoms. The van der Waals surface area contributed by atoms with Crippen LogP contribution in [0, 0.1) is 11.7 Å². The smallest absolute Gasteiger partial charge is 0.252 e. The summed E-state index contributed by atoms with van der Waals surface area (Å²) in [6, 6.07) is 9.32. The van der Waals surface area contributed by atoms with Crippen LogP contribution in [0.4, 0.5) is 9.52 Å². The molecule has 1 saturated heterocycles. The second kappa shape index (κ2) is 8.31. The molecule has 0 spiro atoms. The summed E-state index contributed by atoms with van der Waals surface area (Å²) in [4.78, 5) is 17.0. The number of thiazole rings is 1. The van der Waals surface area contributed by atoms with E-state index in [9.17, 15) is 17.6 Å². The molecule has 3 aromatic rings. The van der Waals surface area contributed by atoms with Gasteiger partial charge in [0.25, 0.3) is 10.0 Å². The fourth-order valence-electron chi connectivity index (χ4n) is 3.19. The standard InChI is InChI=1S/C19H18FN3O3S3/c20-15-5-3-13(4-6-15)16-12-28-19(21-16)22-18(24)14-7-9-23(10-8-14)29(25,26)17-2-1-11-27-17/h1-6,11-12,14H,7-10H2,(H,21,22,24). The largest absolute Gasteiger partial charge is 0.302 e. The summed E-state index contributed by atoms with van der Waals surface area (Å²) in [7, 11) is -3.47. The Hall–Kier alpha value is -2.14. The number of aromatic nitrogens is 1. The lowest BCUT2D eigenvalue weighted by atomic mass is 9.97. The van der Waals surface area contributed by atoms with Crippen molar-refractivity contribution in [3.8, 4) is 11.3 Å². The molecule has 0 radical (unpaired) electrons. The highest BCUT2D eigenvalue weighted by Crippen LogP contribution is 2.29. The lowest BCUT2D eigenvalue weighted by Crippen LogP contribution is -2.41. The number of hydrogen-bond acceptors (Lipinski definition) is 6. The maximum absolute atomic E-state index is 13.1. The molecular formula is C19H18FN3O3S3. The fourth-order valence-corrected chi connectivity index (χ4v) is 6.52. The van der Waals surface area contributed by atoms with Gasteiger partial charge in [-0.25, -0.2) is 17.8 Å². The van der Waals surface area contributed by atoms with Crippen molar-refractivity contribution in [3.05, 3.63) is 53.0 Å². The molecule has 4 rings (SSSR count). The van der Waals surface area contributed by atoms with E-state index < -0.39 is 10.0 Å². The molecule has 1 aliphatic rings. The molecule has 2 aromatic heterocycles. The number of carbonyl (C=O) groups excluding carboxylic acids is 1. The van der Waals surface area contributed by atoms with Gasteiger partial charge in [0.05, 0.1) is 5.69 Å². The Kier molecular flexibility index (Phi) is 5.77. The van der Waals surface area contributed by atoms with Crippen molar-refractivity contribution in [1.29, 1.82) is 0 Å². The molecular weight excluding hydrogens is 433 g/mol. The highest BCUT2D eigenvalue weighted by molar-refractivity contribution is 7.91. The maximum Gasteiger partial charge on any atom is 0.252 e. The summed E-state index contributed by atoms with van der Waals surface area (Å²) in [5, 5.41) is 6.84. The average Bonchev–Trinajstić information content (AvgIpc) is 3.41. The van der Waals surface area contributed by atoms with Gasteiger partial charge in [-0.15, -0.1) is 22.7 Å². The zero-order valence-corrected chi connectivity index (χ0v) is 17.7. The van der Waals surface area contributed by atoms with E-state index in [1.165, 1.54) is 39.1 Å². The molecule has 0 aliphatic carbocycles. The van der Waals surface area contributed by atoms with Gasteiger partial charge in [-0.05, 0) is 48.6 Å². The van der Waals surface area contributed by atoms with E-state index in [4.69, 9.17) is 0 Å². The van der Waals surface area contributed by atoms with Crippen molar-refractivity contribution in [2.75, 3.05) is 18.4 Å². The summed E-state index contributed by atoms with van der Waals surface area (Å²) < 4.78 is 40.0. The Morgan fingerprint density at radius 2 is 1.86 bits per heavy atom. The van der Waals surface area contributed by atoms with Gasteiger partial charge in [0.2, 0.25) is 5.91 Å². The van der Waals surface area contributed by atoms with E-state index in [0.717, 1.165) is 5.56 Å². The molecule has 0 bridgehead atoms. The van der Waals surface area contributed by atoms with Crippen LogP contribution < -0.4 is 5.32 Å². The van der Waals surface area contributed by atoms with Gasteiger partial charge in [-0.1, -0.05) is 6.07 Å². The van der Waals surface area contributed by atoms with E-state index >= 15 is 0 Å². The zero-order chi connectivity index (χ0) is 20.4. The second-order valence-corrected chi connectivity index (χ2v) is 10.6. The van der Waals surface area contributed by atoms with Gasteiger partial charge in [0, 0.05) is 30.0 Å². The van der Waals surface area contributed by atoms with Crippen LogP contribution in [-0.2, 0) is 14.8 Å². The second-order valence-electron chi connectivity index (χ2n) is 6.64. The molecule has 1 aliphatic heterocycles. The van der Waals surface area contributed by atoms with Gasteiger partial charge < -0.3 is 5.32 Å². The fraction of sp³-hybridized carbons (Fsp3) is 0.263. The molecule has 1 N–H and O–H groups in total. The number of benzene rings is 1. The third-order valence-corrected chi connectivity index (χ3v) is 8.82. The topological polar surface area (TPSA) is 79.4 Å². The van der Waals surface area contributed by atoms with Crippen LogP contribution in [0.1, 0.15) is 12.8 Å². The first kappa shape index (κ1) is 20.1. The number of piperidine rings is 1. The number of anilines is 1. The van der Waals surface area contributed by atoms with Gasteiger partial charge in [-0.2, -0.15) is 4.31 Å². The summed E-state index contributed by atoms with van der Waals surface area (Å²) in [6.45, 7) is 0.633. The Morgan fingerprint density at radius 3 is 2.52 bits per heavy atom. The van der Waals surface area contributed by atoms with Crippen molar-refractivity contribution in [2.24, 2.45) is 5.92 Å². The molecule has 3 heterocycles. The first-order chi connectivity index (χ1) is 13.9. The van der Waals surface area contributed by atoms with E-state index in [-0.39, 0.29) is 17.6 Å². The molecule has 0 unspecified atom stereocenters. The van der Waals surface area contributed by atoms with Crippen molar-refractivity contribution in [3.63, 3.8) is 0 Å². The maximum atomic E-state index is 13.1. The summed E-state index contributed by atoms with van der Waals surface area (Å²) in [5.41, 5.74) is 1.44. The van der Waals surface area contributed by atoms with Crippen molar-refractivity contribution >= 4 is 43.7 Å². The van der Waals surface area contributed by atoms with Crippen LogP contribution in [0.3, 0.4) is 0 Å². The van der Waals surface area contributed by atoms with Crippen LogP contribution in [-0.4, -0.2) is 36.7 Å². The van der Waals surface area contributed by atoms with Crippen LogP contribution >= 0.6 is 22.7 Å². The molecule has 0 atom stereocenters. The molecule has 6 nitrogen and oxygen atoms in total. The molecule has 0 saturated carbocycles. The molecule has 29 heavy (non-hydrogen) atoms. The van der Waals surface area contributed by atoms with Crippen LogP contribution in [0.5, 0.6) is 0 Å². The molecule has 1 aromatic carbocycles. The summed E-state index contributed by atoms with van der Waals surface area (Å²) in [6.07, 6.45) is 0.930. The van der Waals surface area contributed by atoms with Crippen molar-refractivity contribution in [2.45, 2.75) is 17.1 Å². The lowest BCUT2D eigenvalue weighted by molar-refractivity contribution is -0.120. The van der Waals surface area contributed by atoms with Crippen LogP contribution in [0.25, 0.3) is 11.3 Å². The predicted molar refractivity (Wildman–Crippen MR) is 112 cm³/mol. The van der Waals surface area contributed by atoms with Gasteiger partial charge in [0.15, 0.2) is 5.13 Å². The number of sulfonamides is 1. The molecule has 1 fully saturated rings. The van der Waals surface area contributed by atoms with Crippen molar-refractivity contribution < 1.29 is 17.6 Å². The van der Waals surface area contributed by atoms with Crippen LogP contribution in [0.15, 0.2) is 51.4 Å². The minimum absolute atomic E-state index is 0.154. The number of hydrogen-bond donors (Lipinski definition) is 1. The predicted octanol–water partition coefficient (Wildman–Crippen LogP) is 4.05. The van der Waals surface area contributed by atoms with Gasteiger partial charge in [-0.3, -0.25) is 4.79 Å². The normalized spacial score (nSPS) is 16.0. The first-order valence-corrected chi connectivity index (χ1v) is 12.2. The third-order valence-electron chi connectivity index (χ3n) is 4.79. The Morgan fingerprint density at radius 1 is 1.14 bits per heavy atom. The molecule has 1 amide bonds. The first-order valence-electron chi connectivity index (χ1n) is 8.99. The molecule has 152 valence electrons.